The average molecular weight is 231 g/mol. The molecule has 0 fully saturated rings. The van der Waals surface area contributed by atoms with E-state index in [-0.39, 0.29) is 6.04 Å². The Morgan fingerprint density at radius 1 is 1.18 bits per heavy atom. The summed E-state index contributed by atoms with van der Waals surface area (Å²) in [6.07, 6.45) is 8.97. The van der Waals surface area contributed by atoms with Gasteiger partial charge in [-0.15, -0.1) is 0 Å². The predicted octanol–water partition coefficient (Wildman–Crippen LogP) is 2.43. The van der Waals surface area contributed by atoms with Gasteiger partial charge in [0, 0.05) is 24.6 Å². The first-order valence-corrected chi connectivity index (χ1v) is 5.73. The third kappa shape index (κ3) is 2.81. The predicted molar refractivity (Wildman–Crippen MR) is 66.7 cm³/mol. The number of aromatic nitrogens is 4. The molecule has 1 N–H and O–H groups in total. The van der Waals surface area contributed by atoms with Crippen molar-refractivity contribution >= 4 is 5.69 Å². The highest BCUT2D eigenvalue weighted by Crippen LogP contribution is 2.17. The van der Waals surface area contributed by atoms with E-state index in [1.54, 1.807) is 18.6 Å². The van der Waals surface area contributed by atoms with Gasteiger partial charge >= 0.3 is 0 Å². The van der Waals surface area contributed by atoms with Crippen molar-refractivity contribution in [2.75, 3.05) is 5.32 Å². The van der Waals surface area contributed by atoms with Crippen LogP contribution in [0.15, 0.2) is 31.0 Å². The summed E-state index contributed by atoms with van der Waals surface area (Å²) in [6.45, 7) is 6.25. The number of hydrogen-bond donors (Lipinski definition) is 1. The van der Waals surface area contributed by atoms with E-state index in [9.17, 15) is 0 Å². The van der Waals surface area contributed by atoms with Crippen molar-refractivity contribution < 1.29 is 0 Å². The van der Waals surface area contributed by atoms with E-state index in [1.807, 2.05) is 17.1 Å². The van der Waals surface area contributed by atoms with Gasteiger partial charge in [0.25, 0.3) is 0 Å². The lowest BCUT2D eigenvalue weighted by atomic mass is 10.2. The highest BCUT2D eigenvalue weighted by atomic mass is 15.3. The fraction of sp³-hybridized carbons (Fsp3) is 0.417. The topological polar surface area (TPSA) is 55.6 Å². The Balaban J connectivity index is 2.05. The van der Waals surface area contributed by atoms with Crippen LogP contribution in [0.25, 0.3) is 0 Å². The third-order valence-electron chi connectivity index (χ3n) is 2.54. The SMILES string of the molecule is CC(Nc1cnn(C(C)C)c1)c1cnccn1. The van der Waals surface area contributed by atoms with Crippen LogP contribution in [0.2, 0.25) is 0 Å². The van der Waals surface area contributed by atoms with Crippen molar-refractivity contribution in [2.24, 2.45) is 0 Å². The van der Waals surface area contributed by atoms with Gasteiger partial charge in [-0.05, 0) is 20.8 Å². The van der Waals surface area contributed by atoms with Gasteiger partial charge in [-0.1, -0.05) is 0 Å². The van der Waals surface area contributed by atoms with Crippen LogP contribution in [0.4, 0.5) is 5.69 Å². The molecule has 0 aliphatic rings. The molecule has 2 aromatic heterocycles. The minimum absolute atomic E-state index is 0.119. The van der Waals surface area contributed by atoms with E-state index < -0.39 is 0 Å². The maximum absolute atomic E-state index is 4.28. The van der Waals surface area contributed by atoms with E-state index in [0.29, 0.717) is 6.04 Å². The molecule has 17 heavy (non-hydrogen) atoms. The molecule has 0 aromatic carbocycles. The Bertz CT molecular complexity index is 463. The molecule has 2 rings (SSSR count). The lowest BCUT2D eigenvalue weighted by Crippen LogP contribution is -2.08. The van der Waals surface area contributed by atoms with Gasteiger partial charge in [-0.3, -0.25) is 14.6 Å². The maximum atomic E-state index is 4.28. The lowest BCUT2D eigenvalue weighted by molar-refractivity contribution is 0.532. The van der Waals surface area contributed by atoms with Crippen LogP contribution in [0, 0.1) is 0 Å². The fourth-order valence-corrected chi connectivity index (χ4v) is 1.55. The Morgan fingerprint density at radius 2 is 2.00 bits per heavy atom. The van der Waals surface area contributed by atoms with Crippen LogP contribution in [0.1, 0.15) is 38.5 Å². The first kappa shape index (κ1) is 11.6. The molecule has 2 heterocycles. The molecule has 0 saturated carbocycles. The summed E-state index contributed by atoms with van der Waals surface area (Å²) in [7, 11) is 0. The van der Waals surface area contributed by atoms with Crippen LogP contribution in [0.3, 0.4) is 0 Å². The van der Waals surface area contributed by atoms with Gasteiger partial charge in [0.05, 0.1) is 29.8 Å². The molecule has 0 spiro atoms. The number of nitrogens with one attached hydrogen (secondary N) is 1. The fourth-order valence-electron chi connectivity index (χ4n) is 1.55. The van der Waals surface area contributed by atoms with Crippen molar-refractivity contribution in [1.82, 2.24) is 19.7 Å². The highest BCUT2D eigenvalue weighted by Gasteiger charge is 2.08. The van der Waals surface area contributed by atoms with E-state index in [0.717, 1.165) is 11.4 Å². The molecule has 0 aliphatic heterocycles. The molecule has 90 valence electrons. The molecule has 0 aliphatic carbocycles. The van der Waals surface area contributed by atoms with E-state index in [2.05, 4.69) is 41.2 Å². The molecule has 0 radical (unpaired) electrons. The van der Waals surface area contributed by atoms with Gasteiger partial charge in [0.1, 0.15) is 0 Å². The molecule has 1 atom stereocenters. The van der Waals surface area contributed by atoms with Crippen molar-refractivity contribution in [3.8, 4) is 0 Å². The smallest absolute Gasteiger partial charge is 0.0806 e. The summed E-state index contributed by atoms with van der Waals surface area (Å²) in [6, 6.07) is 0.492. The zero-order chi connectivity index (χ0) is 12.3. The summed E-state index contributed by atoms with van der Waals surface area (Å²) >= 11 is 0. The third-order valence-corrected chi connectivity index (χ3v) is 2.54. The molecule has 5 heteroatoms. The Morgan fingerprint density at radius 3 is 2.59 bits per heavy atom. The summed E-state index contributed by atoms with van der Waals surface area (Å²) in [5.74, 6) is 0. The summed E-state index contributed by atoms with van der Waals surface area (Å²) in [5, 5.41) is 7.63. The second-order valence-electron chi connectivity index (χ2n) is 4.30. The standard InChI is InChI=1S/C12H17N5/c1-9(2)17-8-11(6-15-17)16-10(3)12-7-13-4-5-14-12/h4-10,16H,1-3H3. The van der Waals surface area contributed by atoms with Crippen LogP contribution in [0.5, 0.6) is 0 Å². The van der Waals surface area contributed by atoms with Crippen molar-refractivity contribution in [2.45, 2.75) is 32.9 Å². The molecular formula is C12H17N5. The number of anilines is 1. The zero-order valence-electron chi connectivity index (χ0n) is 10.3. The van der Waals surface area contributed by atoms with Gasteiger partial charge in [-0.25, -0.2) is 0 Å². The largest absolute Gasteiger partial charge is 0.374 e. The molecule has 2 aromatic rings. The van der Waals surface area contributed by atoms with E-state index in [4.69, 9.17) is 0 Å². The van der Waals surface area contributed by atoms with Crippen LogP contribution >= 0.6 is 0 Å². The van der Waals surface area contributed by atoms with Crippen molar-refractivity contribution in [3.63, 3.8) is 0 Å². The Hall–Kier alpha value is -1.91. The maximum Gasteiger partial charge on any atom is 0.0806 e. The van der Waals surface area contributed by atoms with Gasteiger partial charge < -0.3 is 5.32 Å². The quantitative estimate of drug-likeness (QED) is 0.878. The highest BCUT2D eigenvalue weighted by molar-refractivity contribution is 5.40. The molecule has 0 saturated heterocycles. The average Bonchev–Trinajstić information content (AvgIpc) is 2.79. The van der Waals surface area contributed by atoms with E-state index >= 15 is 0 Å². The number of nitrogens with zero attached hydrogens (tertiary/aromatic N) is 4. The van der Waals surface area contributed by atoms with E-state index in [1.165, 1.54) is 0 Å². The van der Waals surface area contributed by atoms with Crippen LogP contribution < -0.4 is 5.32 Å². The summed E-state index contributed by atoms with van der Waals surface area (Å²) < 4.78 is 1.92. The Kier molecular flexibility index (Phi) is 3.37. The monoisotopic (exact) mass is 231 g/mol. The van der Waals surface area contributed by atoms with Gasteiger partial charge in [0.2, 0.25) is 0 Å². The minimum Gasteiger partial charge on any atom is -0.374 e. The van der Waals surface area contributed by atoms with Gasteiger partial charge in [-0.2, -0.15) is 5.10 Å². The molecule has 0 bridgehead atoms. The lowest BCUT2D eigenvalue weighted by Gasteiger charge is -2.12. The normalized spacial score (nSPS) is 12.7. The molecular weight excluding hydrogens is 214 g/mol. The Labute approximate surface area is 101 Å². The molecule has 1 unspecified atom stereocenters. The van der Waals surface area contributed by atoms with Crippen molar-refractivity contribution in [3.05, 3.63) is 36.7 Å². The van der Waals surface area contributed by atoms with Crippen molar-refractivity contribution in [1.29, 1.82) is 0 Å². The molecule has 0 amide bonds. The second-order valence-corrected chi connectivity index (χ2v) is 4.30. The second kappa shape index (κ2) is 4.95. The minimum atomic E-state index is 0.119. The molecule has 5 nitrogen and oxygen atoms in total. The van der Waals surface area contributed by atoms with Gasteiger partial charge in [0.15, 0.2) is 0 Å². The first-order valence-electron chi connectivity index (χ1n) is 5.73. The summed E-state index contributed by atoms with van der Waals surface area (Å²) in [4.78, 5) is 8.32. The number of hydrogen-bond acceptors (Lipinski definition) is 4. The van der Waals surface area contributed by atoms with Crippen LogP contribution in [-0.4, -0.2) is 19.7 Å². The zero-order valence-corrected chi connectivity index (χ0v) is 10.3. The summed E-state index contributed by atoms with van der Waals surface area (Å²) in [5.41, 5.74) is 1.92. The first-order chi connectivity index (χ1) is 8.16. The number of rotatable bonds is 4. The van der Waals surface area contributed by atoms with Crippen LogP contribution in [-0.2, 0) is 0 Å².